The molecule has 1 aromatic rings. The van der Waals surface area contributed by atoms with Gasteiger partial charge in [0.1, 0.15) is 6.54 Å². The number of benzene rings is 1. The van der Waals surface area contributed by atoms with Crippen LogP contribution < -0.4 is 10.6 Å². The zero-order valence-electron chi connectivity index (χ0n) is 9.48. The number of urea groups is 1. The first-order chi connectivity index (χ1) is 8.54. The first-order valence-electron chi connectivity index (χ1n) is 4.91. The highest BCUT2D eigenvalue weighted by Crippen LogP contribution is 2.22. The largest absolute Gasteiger partial charge is 0.325 e. The monoisotopic (exact) mass is 267 g/mol. The molecule has 0 fully saturated rings. The molecular formula is C10H10ClN5O2. The van der Waals surface area contributed by atoms with E-state index >= 15 is 0 Å². The van der Waals surface area contributed by atoms with Crippen molar-refractivity contribution in [3.05, 3.63) is 39.2 Å². The Labute approximate surface area is 108 Å². The Morgan fingerprint density at radius 1 is 1.50 bits per heavy atom. The van der Waals surface area contributed by atoms with Gasteiger partial charge in [-0.2, -0.15) is 0 Å². The standard InChI is InChI=1S/C10H10ClN5O2/c1-6-7(11)3-2-4-8(6)14-10(18)15-9(17)5-13-16-12/h2-4H,5H2,1H3,(H2,14,15,17,18). The van der Waals surface area contributed by atoms with Gasteiger partial charge in [0.25, 0.3) is 0 Å². The third kappa shape index (κ3) is 3.97. The number of carbonyl (C=O) groups is 2. The summed E-state index contributed by atoms with van der Waals surface area (Å²) in [6.07, 6.45) is 0. The van der Waals surface area contributed by atoms with Crippen LogP contribution in [0.25, 0.3) is 10.4 Å². The molecule has 1 aromatic carbocycles. The van der Waals surface area contributed by atoms with Gasteiger partial charge in [0.05, 0.1) is 0 Å². The summed E-state index contributed by atoms with van der Waals surface area (Å²) in [6.45, 7) is 1.30. The van der Waals surface area contributed by atoms with Gasteiger partial charge in [-0.25, -0.2) is 4.79 Å². The van der Waals surface area contributed by atoms with Crippen molar-refractivity contribution in [3.63, 3.8) is 0 Å². The topological polar surface area (TPSA) is 107 Å². The molecule has 94 valence electrons. The zero-order valence-corrected chi connectivity index (χ0v) is 10.2. The van der Waals surface area contributed by atoms with Gasteiger partial charge in [0.2, 0.25) is 5.91 Å². The highest BCUT2D eigenvalue weighted by Gasteiger charge is 2.09. The number of rotatable bonds is 3. The predicted molar refractivity (Wildman–Crippen MR) is 67.4 cm³/mol. The number of hydrogen-bond acceptors (Lipinski definition) is 3. The van der Waals surface area contributed by atoms with Crippen LogP contribution in [0.1, 0.15) is 5.56 Å². The van der Waals surface area contributed by atoms with E-state index in [1.807, 2.05) is 5.32 Å². The normalized spacial score (nSPS) is 9.22. The van der Waals surface area contributed by atoms with Gasteiger partial charge in [0, 0.05) is 15.6 Å². The molecule has 0 atom stereocenters. The summed E-state index contributed by atoms with van der Waals surface area (Å²) in [5.41, 5.74) is 9.20. The van der Waals surface area contributed by atoms with E-state index < -0.39 is 18.5 Å². The smallest absolute Gasteiger partial charge is 0.307 e. The Hall–Kier alpha value is -2.24. The zero-order chi connectivity index (χ0) is 13.5. The van der Waals surface area contributed by atoms with E-state index in [9.17, 15) is 9.59 Å². The molecule has 18 heavy (non-hydrogen) atoms. The van der Waals surface area contributed by atoms with E-state index in [0.717, 1.165) is 0 Å². The molecule has 0 spiro atoms. The summed E-state index contributed by atoms with van der Waals surface area (Å²) in [4.78, 5) is 24.9. The Kier molecular flexibility index (Phi) is 4.98. The maximum atomic E-state index is 11.4. The van der Waals surface area contributed by atoms with E-state index in [2.05, 4.69) is 15.3 Å². The summed E-state index contributed by atoms with van der Waals surface area (Å²) >= 11 is 5.88. The van der Waals surface area contributed by atoms with Crippen molar-refractivity contribution >= 4 is 29.2 Å². The number of hydrogen-bond donors (Lipinski definition) is 2. The number of carbonyl (C=O) groups excluding carboxylic acids is 2. The molecule has 1 rings (SSSR count). The predicted octanol–water partition coefficient (Wildman–Crippen LogP) is 2.61. The van der Waals surface area contributed by atoms with Crippen LogP contribution in [0, 0.1) is 6.92 Å². The lowest BCUT2D eigenvalue weighted by Crippen LogP contribution is -2.35. The van der Waals surface area contributed by atoms with Gasteiger partial charge in [-0.1, -0.05) is 22.8 Å². The molecule has 2 N–H and O–H groups in total. The van der Waals surface area contributed by atoms with E-state index in [-0.39, 0.29) is 0 Å². The van der Waals surface area contributed by atoms with E-state index in [4.69, 9.17) is 17.1 Å². The van der Waals surface area contributed by atoms with Crippen molar-refractivity contribution in [2.24, 2.45) is 5.11 Å². The van der Waals surface area contributed by atoms with Crippen molar-refractivity contribution in [1.82, 2.24) is 5.32 Å². The fourth-order valence-electron chi connectivity index (χ4n) is 1.16. The molecule has 0 aliphatic carbocycles. The van der Waals surface area contributed by atoms with Crippen molar-refractivity contribution in [1.29, 1.82) is 0 Å². The van der Waals surface area contributed by atoms with Crippen molar-refractivity contribution < 1.29 is 9.59 Å². The highest BCUT2D eigenvalue weighted by molar-refractivity contribution is 6.31. The Morgan fingerprint density at radius 3 is 2.89 bits per heavy atom. The number of azide groups is 1. The number of amides is 3. The molecule has 0 saturated carbocycles. The minimum absolute atomic E-state index is 0.432. The van der Waals surface area contributed by atoms with Crippen LogP contribution in [-0.2, 0) is 4.79 Å². The van der Waals surface area contributed by atoms with Crippen molar-refractivity contribution in [2.75, 3.05) is 11.9 Å². The molecule has 0 aliphatic rings. The number of halogens is 1. The lowest BCUT2D eigenvalue weighted by atomic mass is 10.2. The van der Waals surface area contributed by atoms with Gasteiger partial charge in [-0.15, -0.1) is 0 Å². The molecule has 8 heteroatoms. The van der Waals surface area contributed by atoms with Crippen LogP contribution in [0.2, 0.25) is 5.02 Å². The summed E-state index contributed by atoms with van der Waals surface area (Å²) in [6, 6.07) is 4.30. The second-order valence-electron chi connectivity index (χ2n) is 3.30. The Bertz CT molecular complexity index is 525. The molecular weight excluding hydrogens is 258 g/mol. The van der Waals surface area contributed by atoms with Crippen LogP contribution in [0.5, 0.6) is 0 Å². The molecule has 0 aromatic heterocycles. The minimum Gasteiger partial charge on any atom is -0.307 e. The number of anilines is 1. The van der Waals surface area contributed by atoms with E-state index in [0.29, 0.717) is 16.3 Å². The average molecular weight is 268 g/mol. The highest BCUT2D eigenvalue weighted by atomic mass is 35.5. The van der Waals surface area contributed by atoms with Crippen LogP contribution in [0.15, 0.2) is 23.3 Å². The first-order valence-corrected chi connectivity index (χ1v) is 5.29. The van der Waals surface area contributed by atoms with Gasteiger partial charge in [-0.05, 0) is 30.2 Å². The molecule has 0 unspecified atom stereocenters. The van der Waals surface area contributed by atoms with Crippen LogP contribution in [0.3, 0.4) is 0 Å². The lowest BCUT2D eigenvalue weighted by molar-refractivity contribution is -0.118. The maximum absolute atomic E-state index is 11.4. The van der Waals surface area contributed by atoms with Gasteiger partial charge >= 0.3 is 6.03 Å². The SMILES string of the molecule is Cc1c(Cl)cccc1NC(=O)NC(=O)CN=[N+]=[N-]. The lowest BCUT2D eigenvalue weighted by Gasteiger charge is -2.09. The fraction of sp³-hybridized carbons (Fsp3) is 0.200. The molecule has 3 amide bonds. The Morgan fingerprint density at radius 2 is 2.22 bits per heavy atom. The Balaban J connectivity index is 2.62. The van der Waals surface area contributed by atoms with E-state index in [1.165, 1.54) is 0 Å². The van der Waals surface area contributed by atoms with Crippen LogP contribution in [-0.4, -0.2) is 18.5 Å². The summed E-state index contributed by atoms with van der Waals surface area (Å²) in [7, 11) is 0. The summed E-state index contributed by atoms with van der Waals surface area (Å²) < 4.78 is 0. The van der Waals surface area contributed by atoms with Crippen LogP contribution >= 0.6 is 11.6 Å². The first kappa shape index (κ1) is 13.8. The third-order valence-corrected chi connectivity index (χ3v) is 2.46. The van der Waals surface area contributed by atoms with Crippen molar-refractivity contribution in [2.45, 2.75) is 6.92 Å². The second kappa shape index (κ2) is 6.48. The van der Waals surface area contributed by atoms with Gasteiger partial charge < -0.3 is 5.32 Å². The number of nitrogens with zero attached hydrogens (tertiary/aromatic N) is 3. The van der Waals surface area contributed by atoms with Gasteiger partial charge in [-0.3, -0.25) is 10.1 Å². The van der Waals surface area contributed by atoms with Gasteiger partial charge in [0.15, 0.2) is 0 Å². The minimum atomic E-state index is -0.710. The molecule has 0 heterocycles. The molecule has 0 saturated heterocycles. The third-order valence-electron chi connectivity index (χ3n) is 2.05. The molecule has 0 aliphatic heterocycles. The number of imide groups is 1. The average Bonchev–Trinajstić information content (AvgIpc) is 2.32. The molecule has 0 bridgehead atoms. The molecule has 7 nitrogen and oxygen atoms in total. The number of nitrogens with one attached hydrogen (secondary N) is 2. The molecule has 0 radical (unpaired) electrons. The maximum Gasteiger partial charge on any atom is 0.325 e. The second-order valence-corrected chi connectivity index (χ2v) is 3.71. The van der Waals surface area contributed by atoms with Crippen LogP contribution in [0.4, 0.5) is 10.5 Å². The quantitative estimate of drug-likeness (QED) is 0.499. The summed E-state index contributed by atoms with van der Waals surface area (Å²) in [5, 5.41) is 8.02. The van der Waals surface area contributed by atoms with Crippen molar-refractivity contribution in [3.8, 4) is 0 Å². The van der Waals surface area contributed by atoms with E-state index in [1.54, 1.807) is 25.1 Å². The summed E-state index contributed by atoms with van der Waals surface area (Å²) in [5.74, 6) is -0.690. The fourth-order valence-corrected chi connectivity index (χ4v) is 1.33.